The van der Waals surface area contributed by atoms with Crippen molar-refractivity contribution in [3.05, 3.63) is 24.3 Å². The lowest BCUT2D eigenvalue weighted by Gasteiger charge is -2.43. The number of rotatable bonds is 3. The average Bonchev–Trinajstić information content (AvgIpc) is 2.68. The number of piperidine rings is 1. The van der Waals surface area contributed by atoms with E-state index in [1.807, 2.05) is 17.0 Å². The first kappa shape index (κ1) is 17.6. The smallest absolute Gasteiger partial charge is 0.298 e. The minimum atomic E-state index is -0.0240. The normalized spacial score (nSPS) is 21.4. The number of benzene rings is 1. The fourth-order valence-electron chi connectivity index (χ4n) is 3.76. The third-order valence-corrected chi connectivity index (χ3v) is 5.18. The number of carbonyl (C=O) groups is 1. The summed E-state index contributed by atoms with van der Waals surface area (Å²) in [7, 11) is 1.69. The molecule has 2 aliphatic heterocycles. The second kappa shape index (κ2) is 8.26. The highest BCUT2D eigenvalue weighted by Crippen LogP contribution is 2.23. The summed E-state index contributed by atoms with van der Waals surface area (Å²) in [4.78, 5) is 18.9. The first-order chi connectivity index (χ1) is 12.2. The number of carbonyl (C=O) groups excluding carboxylic acids is 1. The van der Waals surface area contributed by atoms with Crippen LogP contribution in [0.25, 0.3) is 0 Å². The zero-order valence-corrected chi connectivity index (χ0v) is 15.2. The summed E-state index contributed by atoms with van der Waals surface area (Å²) < 4.78 is 5.23. The minimum Gasteiger partial charge on any atom is -0.497 e. The molecule has 5 heteroatoms. The van der Waals surface area contributed by atoms with Crippen molar-refractivity contribution in [2.75, 3.05) is 51.3 Å². The Bertz CT molecular complexity index is 639. The van der Waals surface area contributed by atoms with Gasteiger partial charge in [0.15, 0.2) is 0 Å². The van der Waals surface area contributed by atoms with E-state index >= 15 is 0 Å². The number of likely N-dealkylation sites (tertiary alicyclic amines) is 1. The average molecular weight is 341 g/mol. The Kier molecular flexibility index (Phi) is 5.83. The quantitative estimate of drug-likeness (QED) is 0.786. The predicted molar refractivity (Wildman–Crippen MR) is 99.8 cm³/mol. The fourth-order valence-corrected chi connectivity index (χ4v) is 3.76. The van der Waals surface area contributed by atoms with Gasteiger partial charge in [0.25, 0.3) is 5.91 Å². The van der Waals surface area contributed by atoms with Crippen LogP contribution in [-0.4, -0.2) is 68.1 Å². The van der Waals surface area contributed by atoms with Crippen LogP contribution in [0.1, 0.15) is 19.8 Å². The highest BCUT2D eigenvalue weighted by Gasteiger charge is 2.29. The molecule has 3 rings (SSSR count). The zero-order chi connectivity index (χ0) is 17.6. The van der Waals surface area contributed by atoms with Crippen molar-refractivity contribution in [1.82, 2.24) is 9.80 Å². The second-order valence-corrected chi connectivity index (χ2v) is 6.64. The molecule has 0 unspecified atom stereocenters. The van der Waals surface area contributed by atoms with Gasteiger partial charge in [-0.25, -0.2) is 0 Å². The van der Waals surface area contributed by atoms with Crippen LogP contribution in [0, 0.1) is 11.8 Å². The van der Waals surface area contributed by atoms with Crippen LogP contribution < -0.4 is 9.64 Å². The van der Waals surface area contributed by atoms with E-state index in [-0.39, 0.29) is 5.91 Å². The molecule has 2 fully saturated rings. The Morgan fingerprint density at radius 3 is 2.48 bits per heavy atom. The van der Waals surface area contributed by atoms with Gasteiger partial charge in [-0.15, -0.1) is 0 Å². The number of hydrogen-bond donors (Lipinski definition) is 0. The van der Waals surface area contributed by atoms with Crippen LogP contribution in [0.5, 0.6) is 5.75 Å². The standard InChI is InChI=1S/C20H27N3O2/c1-3-5-20(24)23-11-4-6-18(16-23)22-14-12-21(13-15-22)17-7-9-19(25-2)10-8-17/h7-10,18H,4,6,11-16H2,1-2H3/t18-/m0/s1. The summed E-state index contributed by atoms with van der Waals surface area (Å²) in [5.74, 6) is 6.27. The van der Waals surface area contributed by atoms with Gasteiger partial charge >= 0.3 is 0 Å². The van der Waals surface area contributed by atoms with Crippen molar-refractivity contribution in [3.63, 3.8) is 0 Å². The maximum Gasteiger partial charge on any atom is 0.298 e. The summed E-state index contributed by atoms with van der Waals surface area (Å²) in [6, 6.07) is 8.74. The van der Waals surface area contributed by atoms with E-state index in [1.165, 1.54) is 12.1 Å². The van der Waals surface area contributed by atoms with Gasteiger partial charge in [-0.2, -0.15) is 0 Å². The Morgan fingerprint density at radius 2 is 1.84 bits per heavy atom. The molecule has 2 aliphatic rings. The molecule has 0 aliphatic carbocycles. The van der Waals surface area contributed by atoms with E-state index in [1.54, 1.807) is 14.0 Å². The molecule has 1 atom stereocenters. The van der Waals surface area contributed by atoms with Gasteiger partial charge in [-0.1, -0.05) is 5.92 Å². The van der Waals surface area contributed by atoms with E-state index in [0.717, 1.165) is 51.4 Å². The van der Waals surface area contributed by atoms with E-state index in [4.69, 9.17) is 4.74 Å². The number of nitrogens with zero attached hydrogens (tertiary/aromatic N) is 3. The molecule has 0 bridgehead atoms. The predicted octanol–water partition coefficient (Wildman–Crippen LogP) is 1.83. The second-order valence-electron chi connectivity index (χ2n) is 6.64. The van der Waals surface area contributed by atoms with Crippen LogP contribution in [0.2, 0.25) is 0 Å². The summed E-state index contributed by atoms with van der Waals surface area (Å²) in [5.41, 5.74) is 1.25. The third kappa shape index (κ3) is 4.26. The van der Waals surface area contributed by atoms with Gasteiger partial charge in [0.1, 0.15) is 5.75 Å². The van der Waals surface area contributed by atoms with Crippen molar-refractivity contribution in [2.24, 2.45) is 0 Å². The van der Waals surface area contributed by atoms with Crippen LogP contribution in [0.15, 0.2) is 24.3 Å². The monoisotopic (exact) mass is 341 g/mol. The van der Waals surface area contributed by atoms with Crippen LogP contribution in [0.4, 0.5) is 5.69 Å². The molecule has 2 heterocycles. The molecular weight excluding hydrogens is 314 g/mol. The van der Waals surface area contributed by atoms with Gasteiger partial charge in [0.2, 0.25) is 0 Å². The van der Waals surface area contributed by atoms with Gasteiger partial charge in [0.05, 0.1) is 7.11 Å². The number of methoxy groups -OCH3 is 1. The van der Waals surface area contributed by atoms with Gasteiger partial charge in [-0.3, -0.25) is 9.69 Å². The van der Waals surface area contributed by atoms with Crippen LogP contribution >= 0.6 is 0 Å². The fraction of sp³-hybridized carbons (Fsp3) is 0.550. The van der Waals surface area contributed by atoms with Gasteiger partial charge in [0, 0.05) is 51.0 Å². The summed E-state index contributed by atoms with van der Waals surface area (Å²) in [6.45, 7) is 7.50. The lowest BCUT2D eigenvalue weighted by Crippen LogP contribution is -2.55. The van der Waals surface area contributed by atoms with E-state index in [2.05, 4.69) is 33.8 Å². The maximum atomic E-state index is 12.0. The largest absolute Gasteiger partial charge is 0.497 e. The van der Waals surface area contributed by atoms with Crippen LogP contribution in [0.3, 0.4) is 0 Å². The molecule has 0 spiro atoms. The van der Waals surface area contributed by atoms with Crippen molar-refractivity contribution >= 4 is 11.6 Å². The molecule has 1 amide bonds. The number of ether oxygens (including phenoxy) is 1. The Hall–Kier alpha value is -2.19. The zero-order valence-electron chi connectivity index (χ0n) is 15.2. The van der Waals surface area contributed by atoms with Crippen LogP contribution in [-0.2, 0) is 4.79 Å². The molecule has 2 saturated heterocycles. The van der Waals surface area contributed by atoms with Gasteiger partial charge < -0.3 is 14.5 Å². The first-order valence-electron chi connectivity index (χ1n) is 9.06. The van der Waals surface area contributed by atoms with Crippen molar-refractivity contribution in [1.29, 1.82) is 0 Å². The molecule has 134 valence electrons. The SMILES string of the molecule is CC#CC(=O)N1CCC[C@H](N2CCN(c3ccc(OC)cc3)CC2)C1. The lowest BCUT2D eigenvalue weighted by molar-refractivity contribution is -0.127. The summed E-state index contributed by atoms with van der Waals surface area (Å²) in [6.07, 6.45) is 2.24. The number of anilines is 1. The van der Waals surface area contributed by atoms with E-state index < -0.39 is 0 Å². The molecule has 0 saturated carbocycles. The molecule has 1 aromatic carbocycles. The summed E-state index contributed by atoms with van der Waals surface area (Å²) >= 11 is 0. The van der Waals surface area contributed by atoms with Crippen molar-refractivity contribution in [3.8, 4) is 17.6 Å². The maximum absolute atomic E-state index is 12.0. The third-order valence-electron chi connectivity index (χ3n) is 5.18. The van der Waals surface area contributed by atoms with Crippen molar-refractivity contribution < 1.29 is 9.53 Å². The summed E-state index contributed by atoms with van der Waals surface area (Å²) in [5, 5.41) is 0. The number of amides is 1. The minimum absolute atomic E-state index is 0.0240. The molecule has 5 nitrogen and oxygen atoms in total. The van der Waals surface area contributed by atoms with E-state index in [0.29, 0.717) is 6.04 Å². The number of hydrogen-bond acceptors (Lipinski definition) is 4. The highest BCUT2D eigenvalue weighted by molar-refractivity contribution is 5.93. The van der Waals surface area contributed by atoms with Crippen molar-refractivity contribution in [2.45, 2.75) is 25.8 Å². The molecule has 1 aromatic rings. The van der Waals surface area contributed by atoms with E-state index in [9.17, 15) is 4.79 Å². The first-order valence-corrected chi connectivity index (χ1v) is 9.06. The lowest BCUT2D eigenvalue weighted by atomic mass is 10.0. The molecule has 0 N–H and O–H groups in total. The topological polar surface area (TPSA) is 36.0 Å². The Labute approximate surface area is 150 Å². The Balaban J connectivity index is 1.54. The molecule has 0 aromatic heterocycles. The molecule has 0 radical (unpaired) electrons. The Morgan fingerprint density at radius 1 is 1.12 bits per heavy atom. The highest BCUT2D eigenvalue weighted by atomic mass is 16.5. The molecular formula is C20H27N3O2. The molecule has 25 heavy (non-hydrogen) atoms. The van der Waals surface area contributed by atoms with Gasteiger partial charge in [-0.05, 0) is 50.0 Å². The number of piperazine rings is 1.